The fraction of sp³-hybridized carbons (Fsp3) is 0.115. The van der Waals surface area contributed by atoms with E-state index in [0.29, 0.717) is 28.5 Å². The number of ether oxygens (including phenoxy) is 2. The van der Waals surface area contributed by atoms with Crippen LogP contribution in [0.2, 0.25) is 0 Å². The molecule has 4 aromatic heterocycles. The lowest BCUT2D eigenvalue weighted by Gasteiger charge is -2.12. The molecule has 0 unspecified atom stereocenters. The number of imidazole rings is 2. The number of halogens is 1. The monoisotopic (exact) mass is 500 g/mol. The quantitative estimate of drug-likeness (QED) is 0.335. The molecule has 37 heavy (non-hydrogen) atoms. The molecule has 10 nitrogen and oxygen atoms in total. The number of esters is 1. The average molecular weight is 500 g/mol. The van der Waals surface area contributed by atoms with Crippen molar-refractivity contribution in [3.63, 3.8) is 0 Å². The summed E-state index contributed by atoms with van der Waals surface area (Å²) in [6.07, 6.45) is 5.99. The zero-order chi connectivity index (χ0) is 25.9. The largest absolute Gasteiger partial charge is 0.461 e. The number of amides is 1. The first kappa shape index (κ1) is 23.7. The first-order valence-corrected chi connectivity index (χ1v) is 11.3. The highest BCUT2D eigenvalue weighted by Gasteiger charge is 2.21. The van der Waals surface area contributed by atoms with Gasteiger partial charge in [0.05, 0.1) is 31.8 Å². The molecule has 5 aromatic rings. The normalized spacial score (nSPS) is 10.9. The van der Waals surface area contributed by atoms with Crippen molar-refractivity contribution < 1.29 is 23.5 Å². The number of carbonyl (C=O) groups is 2. The second kappa shape index (κ2) is 9.90. The Kier molecular flexibility index (Phi) is 6.33. The van der Waals surface area contributed by atoms with Crippen LogP contribution in [-0.2, 0) is 9.47 Å². The Balaban J connectivity index is 1.59. The summed E-state index contributed by atoms with van der Waals surface area (Å²) >= 11 is 0. The summed E-state index contributed by atoms with van der Waals surface area (Å²) < 4.78 is 26.9. The highest BCUT2D eigenvalue weighted by molar-refractivity contribution is 5.89. The number of pyridine rings is 2. The first-order chi connectivity index (χ1) is 18.0. The number of nitrogens with one attached hydrogen (secondary N) is 1. The molecular formula is C26H21FN6O4. The zero-order valence-electron chi connectivity index (χ0n) is 19.9. The maximum atomic E-state index is 13.6. The van der Waals surface area contributed by atoms with Gasteiger partial charge in [-0.3, -0.25) is 14.3 Å². The minimum atomic E-state index is -0.612. The van der Waals surface area contributed by atoms with E-state index < -0.39 is 17.9 Å². The zero-order valence-corrected chi connectivity index (χ0v) is 19.9. The van der Waals surface area contributed by atoms with Crippen LogP contribution in [0.25, 0.3) is 34.0 Å². The molecule has 4 heterocycles. The van der Waals surface area contributed by atoms with Crippen LogP contribution in [0, 0.1) is 5.82 Å². The number of methoxy groups -OCH3 is 1. The summed E-state index contributed by atoms with van der Waals surface area (Å²) in [6.45, 7) is 1.92. The summed E-state index contributed by atoms with van der Waals surface area (Å²) in [7, 11) is 1.27. The molecule has 0 atom stereocenters. The van der Waals surface area contributed by atoms with Gasteiger partial charge in [0, 0.05) is 29.2 Å². The molecule has 0 bridgehead atoms. The van der Waals surface area contributed by atoms with Gasteiger partial charge in [0.2, 0.25) is 0 Å². The molecule has 0 radical (unpaired) electrons. The Bertz CT molecular complexity index is 1590. The number of benzene rings is 1. The van der Waals surface area contributed by atoms with E-state index >= 15 is 0 Å². The lowest BCUT2D eigenvalue weighted by Crippen LogP contribution is -2.12. The fourth-order valence-electron chi connectivity index (χ4n) is 3.86. The van der Waals surface area contributed by atoms with Crippen molar-refractivity contribution in [1.29, 1.82) is 0 Å². The molecule has 1 aromatic carbocycles. The van der Waals surface area contributed by atoms with Gasteiger partial charge < -0.3 is 9.47 Å². The molecular weight excluding hydrogens is 479 g/mol. The second-order valence-electron chi connectivity index (χ2n) is 7.84. The molecule has 11 heteroatoms. The van der Waals surface area contributed by atoms with Gasteiger partial charge in [0.1, 0.15) is 23.1 Å². The summed E-state index contributed by atoms with van der Waals surface area (Å²) in [6, 6.07) is 12.9. The third-order valence-corrected chi connectivity index (χ3v) is 5.57. The maximum Gasteiger partial charge on any atom is 0.412 e. The SMILES string of the molecule is CCOC(=O)c1cnc(-c2ccc3ncc(-c4ccc(NC(=O)OC)nc4)n3c2)n1-c1ccc(F)cc1. The van der Waals surface area contributed by atoms with Gasteiger partial charge in [-0.15, -0.1) is 0 Å². The van der Waals surface area contributed by atoms with E-state index in [9.17, 15) is 14.0 Å². The number of anilines is 1. The van der Waals surface area contributed by atoms with Crippen LogP contribution in [0.5, 0.6) is 0 Å². The fourth-order valence-corrected chi connectivity index (χ4v) is 3.86. The number of fused-ring (bicyclic) bond motifs is 1. The van der Waals surface area contributed by atoms with Gasteiger partial charge in [0.15, 0.2) is 5.69 Å². The molecule has 0 fully saturated rings. The Labute approximate surface area is 210 Å². The van der Waals surface area contributed by atoms with Crippen LogP contribution in [0.4, 0.5) is 15.0 Å². The Morgan fingerprint density at radius 2 is 1.73 bits per heavy atom. The molecule has 0 saturated carbocycles. The minimum absolute atomic E-state index is 0.203. The summed E-state index contributed by atoms with van der Waals surface area (Å²) in [5.74, 6) is -0.124. The third kappa shape index (κ3) is 4.61. The van der Waals surface area contributed by atoms with Gasteiger partial charge >= 0.3 is 12.1 Å². The van der Waals surface area contributed by atoms with Crippen molar-refractivity contribution in [2.45, 2.75) is 6.92 Å². The molecule has 0 aliphatic carbocycles. The van der Waals surface area contributed by atoms with E-state index in [1.807, 2.05) is 22.7 Å². The Morgan fingerprint density at radius 1 is 0.946 bits per heavy atom. The van der Waals surface area contributed by atoms with Gasteiger partial charge in [-0.2, -0.15) is 0 Å². The van der Waals surface area contributed by atoms with E-state index in [1.54, 1.807) is 48.1 Å². The lowest BCUT2D eigenvalue weighted by molar-refractivity contribution is 0.0517. The van der Waals surface area contributed by atoms with Crippen LogP contribution in [0.15, 0.2) is 73.3 Å². The van der Waals surface area contributed by atoms with Crippen molar-refractivity contribution in [3.8, 4) is 28.3 Å². The van der Waals surface area contributed by atoms with Crippen LogP contribution in [-0.4, -0.2) is 49.7 Å². The smallest absolute Gasteiger partial charge is 0.412 e. The predicted octanol–water partition coefficient (Wildman–Crippen LogP) is 4.74. The Hall–Kier alpha value is -5.06. The molecule has 0 spiro atoms. The standard InChI is InChI=1S/C26H21FN6O4/c1-3-37-25(34)21-14-30-24(33(21)19-8-6-18(27)7-9-19)17-5-11-23-29-13-20(32(23)15-17)16-4-10-22(28-12-16)31-26(35)36-2/h4-15H,3H2,1-2H3,(H,28,31,35). The van der Waals surface area contributed by atoms with E-state index in [4.69, 9.17) is 4.74 Å². The maximum absolute atomic E-state index is 13.6. The van der Waals surface area contributed by atoms with Gasteiger partial charge in [-0.25, -0.2) is 28.9 Å². The van der Waals surface area contributed by atoms with Crippen molar-refractivity contribution >= 4 is 23.5 Å². The van der Waals surface area contributed by atoms with Crippen LogP contribution in [0.1, 0.15) is 17.4 Å². The van der Waals surface area contributed by atoms with Crippen molar-refractivity contribution in [3.05, 3.63) is 84.8 Å². The third-order valence-electron chi connectivity index (χ3n) is 5.57. The molecule has 5 rings (SSSR count). The molecule has 186 valence electrons. The first-order valence-electron chi connectivity index (χ1n) is 11.3. The highest BCUT2D eigenvalue weighted by atomic mass is 19.1. The second-order valence-corrected chi connectivity index (χ2v) is 7.84. The van der Waals surface area contributed by atoms with E-state index in [-0.39, 0.29) is 12.3 Å². The number of carbonyl (C=O) groups excluding carboxylic acids is 2. The molecule has 0 saturated heterocycles. The topological polar surface area (TPSA) is 113 Å². The molecule has 0 aliphatic rings. The number of nitrogens with zero attached hydrogens (tertiary/aromatic N) is 5. The summed E-state index contributed by atoms with van der Waals surface area (Å²) in [5, 5.41) is 2.51. The number of rotatable bonds is 6. The minimum Gasteiger partial charge on any atom is -0.461 e. The van der Waals surface area contributed by atoms with Crippen LogP contribution in [0.3, 0.4) is 0 Å². The van der Waals surface area contributed by atoms with Gasteiger partial charge in [-0.05, 0) is 55.5 Å². The van der Waals surface area contributed by atoms with Crippen molar-refractivity contribution in [2.24, 2.45) is 0 Å². The van der Waals surface area contributed by atoms with Crippen LogP contribution >= 0.6 is 0 Å². The Morgan fingerprint density at radius 3 is 2.43 bits per heavy atom. The van der Waals surface area contributed by atoms with E-state index in [2.05, 4.69) is 25.0 Å². The van der Waals surface area contributed by atoms with E-state index in [1.165, 1.54) is 25.4 Å². The number of hydrogen-bond donors (Lipinski definition) is 1. The lowest BCUT2D eigenvalue weighted by atomic mass is 10.2. The van der Waals surface area contributed by atoms with Crippen molar-refractivity contribution in [1.82, 2.24) is 23.9 Å². The molecule has 1 N–H and O–H groups in total. The summed E-state index contributed by atoms with van der Waals surface area (Å²) in [4.78, 5) is 37.3. The predicted molar refractivity (Wildman–Crippen MR) is 133 cm³/mol. The molecule has 0 aliphatic heterocycles. The summed E-state index contributed by atoms with van der Waals surface area (Å²) in [5.41, 5.74) is 3.64. The number of hydrogen-bond acceptors (Lipinski definition) is 7. The van der Waals surface area contributed by atoms with Gasteiger partial charge in [0.25, 0.3) is 0 Å². The molecule has 1 amide bonds. The van der Waals surface area contributed by atoms with Crippen LogP contribution < -0.4 is 5.32 Å². The highest BCUT2D eigenvalue weighted by Crippen LogP contribution is 2.28. The average Bonchev–Trinajstić information content (AvgIpc) is 3.54. The van der Waals surface area contributed by atoms with Crippen molar-refractivity contribution in [2.75, 3.05) is 19.0 Å². The number of aromatic nitrogens is 5. The van der Waals surface area contributed by atoms with E-state index in [0.717, 1.165) is 11.3 Å². The van der Waals surface area contributed by atoms with Gasteiger partial charge in [-0.1, -0.05) is 0 Å².